The number of rotatable bonds is 0. The van der Waals surface area contributed by atoms with Crippen LogP contribution in [0.5, 0.6) is 0 Å². The Hall–Kier alpha value is -1.63. The summed E-state index contributed by atoms with van der Waals surface area (Å²) in [5, 5.41) is 0. The highest BCUT2D eigenvalue weighted by molar-refractivity contribution is 6.04. The summed E-state index contributed by atoms with van der Waals surface area (Å²) in [5.41, 5.74) is 5.55. The van der Waals surface area contributed by atoms with Crippen LogP contribution in [0.25, 0.3) is 5.57 Å². The van der Waals surface area contributed by atoms with Crippen LogP contribution in [0.4, 0.5) is 0 Å². The van der Waals surface area contributed by atoms with Crippen molar-refractivity contribution in [1.82, 2.24) is 0 Å². The number of carbonyl (C=O) groups excluding carboxylic acids is 1. The average Bonchev–Trinajstić information content (AvgIpc) is 2.68. The van der Waals surface area contributed by atoms with Crippen molar-refractivity contribution in [2.75, 3.05) is 0 Å². The Kier molecular flexibility index (Phi) is 1.85. The minimum atomic E-state index is 0.150. The van der Waals surface area contributed by atoms with Gasteiger partial charge in [0.2, 0.25) is 0 Å². The molecular weight excluding hydrogens is 220 g/mol. The molecule has 0 radical (unpaired) electrons. The molecule has 1 heteroatoms. The van der Waals surface area contributed by atoms with E-state index in [2.05, 4.69) is 37.3 Å². The molecule has 0 aromatic heterocycles. The molecule has 0 saturated carbocycles. The monoisotopic (exact) mass is 236 g/mol. The molecule has 1 nitrogen and oxygen atoms in total. The molecule has 0 amide bonds. The summed E-state index contributed by atoms with van der Waals surface area (Å²) in [7, 11) is 0. The van der Waals surface area contributed by atoms with Crippen molar-refractivity contribution in [3.05, 3.63) is 53.1 Å². The summed E-state index contributed by atoms with van der Waals surface area (Å²) in [6.45, 7) is 2.11. The van der Waals surface area contributed by atoms with E-state index in [9.17, 15) is 4.79 Å². The first kappa shape index (κ1) is 10.3. The Bertz CT molecular complexity index is 620. The molecule has 2 atom stereocenters. The third kappa shape index (κ3) is 1.14. The summed E-state index contributed by atoms with van der Waals surface area (Å²) in [4.78, 5) is 12.2. The van der Waals surface area contributed by atoms with Crippen molar-refractivity contribution in [3.63, 3.8) is 0 Å². The number of fused-ring (bicyclic) bond motifs is 3. The molecular formula is C17H16O. The molecule has 2 unspecified atom stereocenters. The van der Waals surface area contributed by atoms with Gasteiger partial charge in [-0.15, -0.1) is 0 Å². The van der Waals surface area contributed by atoms with Gasteiger partial charge in [-0.3, -0.25) is 4.79 Å². The molecule has 4 rings (SSSR count). The van der Waals surface area contributed by atoms with Gasteiger partial charge in [0.15, 0.2) is 5.78 Å². The normalized spacial score (nSPS) is 32.5. The van der Waals surface area contributed by atoms with E-state index >= 15 is 0 Å². The van der Waals surface area contributed by atoms with Gasteiger partial charge in [0, 0.05) is 11.3 Å². The number of carbonyl (C=O) groups is 1. The molecule has 1 spiro atoms. The highest BCUT2D eigenvalue weighted by Gasteiger charge is 2.48. The fourth-order valence-electron chi connectivity index (χ4n) is 3.98. The highest BCUT2D eigenvalue weighted by atomic mass is 16.1. The van der Waals surface area contributed by atoms with Gasteiger partial charge in [-0.1, -0.05) is 35.9 Å². The van der Waals surface area contributed by atoms with Crippen molar-refractivity contribution in [1.29, 1.82) is 0 Å². The molecule has 0 fully saturated rings. The zero-order chi connectivity index (χ0) is 12.3. The molecule has 1 aromatic rings. The maximum absolute atomic E-state index is 12.2. The summed E-state index contributed by atoms with van der Waals surface area (Å²) in [6, 6.07) is 8.58. The standard InChI is InChI=1S/C17H16O/c1-11-6-7-17-9-12-4-2-3-5-13(12)15(17)8-16(18)14(11)10-17/h2-6,8,14H,7,9-10H2,1H3. The summed E-state index contributed by atoms with van der Waals surface area (Å²) < 4.78 is 0. The lowest BCUT2D eigenvalue weighted by atomic mass is 9.62. The second-order valence-corrected chi connectivity index (χ2v) is 5.98. The van der Waals surface area contributed by atoms with Crippen LogP contribution in [0.15, 0.2) is 42.0 Å². The third-order valence-corrected chi connectivity index (χ3v) is 5.00. The largest absolute Gasteiger partial charge is 0.294 e. The first-order valence-electron chi connectivity index (χ1n) is 6.71. The predicted octanol–water partition coefficient (Wildman–Crippen LogP) is 3.55. The molecule has 0 heterocycles. The minimum Gasteiger partial charge on any atom is -0.294 e. The Morgan fingerprint density at radius 1 is 1.28 bits per heavy atom. The quantitative estimate of drug-likeness (QED) is 0.629. The van der Waals surface area contributed by atoms with Crippen LogP contribution in [0.1, 0.15) is 30.9 Å². The molecule has 3 aliphatic rings. The molecule has 1 aromatic carbocycles. The maximum atomic E-state index is 12.2. The van der Waals surface area contributed by atoms with Gasteiger partial charge in [0.25, 0.3) is 0 Å². The van der Waals surface area contributed by atoms with E-state index < -0.39 is 0 Å². The fourth-order valence-corrected chi connectivity index (χ4v) is 3.98. The Morgan fingerprint density at radius 3 is 3.00 bits per heavy atom. The van der Waals surface area contributed by atoms with Crippen LogP contribution in [-0.4, -0.2) is 5.78 Å². The van der Waals surface area contributed by atoms with Gasteiger partial charge in [0.1, 0.15) is 0 Å². The van der Waals surface area contributed by atoms with Gasteiger partial charge in [0.05, 0.1) is 0 Å². The zero-order valence-corrected chi connectivity index (χ0v) is 10.6. The summed E-state index contributed by atoms with van der Waals surface area (Å²) in [5.74, 6) is 0.461. The molecule has 3 aliphatic carbocycles. The SMILES string of the molecule is CC1=CCC23Cc4ccccc4C2=CC(=O)C1C3. The Labute approximate surface area is 107 Å². The van der Waals surface area contributed by atoms with Gasteiger partial charge < -0.3 is 0 Å². The van der Waals surface area contributed by atoms with E-state index in [1.165, 1.54) is 22.3 Å². The van der Waals surface area contributed by atoms with E-state index in [-0.39, 0.29) is 11.3 Å². The minimum absolute atomic E-state index is 0.150. The second kappa shape index (κ2) is 3.23. The van der Waals surface area contributed by atoms with Crippen LogP contribution in [-0.2, 0) is 11.2 Å². The van der Waals surface area contributed by atoms with Crippen LogP contribution >= 0.6 is 0 Å². The topological polar surface area (TPSA) is 17.1 Å². The number of ketones is 1. The van der Waals surface area contributed by atoms with Crippen molar-refractivity contribution in [2.45, 2.75) is 26.2 Å². The Morgan fingerprint density at radius 2 is 2.11 bits per heavy atom. The highest BCUT2D eigenvalue weighted by Crippen LogP contribution is 2.57. The first-order chi connectivity index (χ1) is 8.70. The van der Waals surface area contributed by atoms with E-state index in [0.717, 1.165) is 19.3 Å². The lowest BCUT2D eigenvalue weighted by molar-refractivity contribution is -0.118. The van der Waals surface area contributed by atoms with Crippen LogP contribution < -0.4 is 0 Å². The lowest BCUT2D eigenvalue weighted by Crippen LogP contribution is -2.35. The zero-order valence-electron chi connectivity index (χ0n) is 10.6. The van der Waals surface area contributed by atoms with Gasteiger partial charge in [-0.2, -0.15) is 0 Å². The average molecular weight is 236 g/mol. The molecule has 0 N–H and O–H groups in total. The van der Waals surface area contributed by atoms with Crippen molar-refractivity contribution in [3.8, 4) is 0 Å². The number of benzene rings is 1. The van der Waals surface area contributed by atoms with Crippen molar-refractivity contribution < 1.29 is 4.79 Å². The molecule has 90 valence electrons. The predicted molar refractivity (Wildman–Crippen MR) is 72.0 cm³/mol. The van der Waals surface area contributed by atoms with Crippen molar-refractivity contribution in [2.24, 2.45) is 11.3 Å². The smallest absolute Gasteiger partial charge is 0.163 e. The second-order valence-electron chi connectivity index (χ2n) is 5.98. The summed E-state index contributed by atoms with van der Waals surface area (Å²) >= 11 is 0. The van der Waals surface area contributed by atoms with Crippen LogP contribution in [0.3, 0.4) is 0 Å². The fraction of sp³-hybridized carbons (Fsp3) is 0.353. The van der Waals surface area contributed by atoms with Crippen LogP contribution in [0, 0.1) is 11.3 Å². The number of hydrogen-bond acceptors (Lipinski definition) is 1. The lowest BCUT2D eigenvalue weighted by Gasteiger charge is -2.41. The summed E-state index contributed by atoms with van der Waals surface area (Å²) in [6.07, 6.45) is 7.47. The number of allylic oxidation sites excluding steroid dienone is 4. The van der Waals surface area contributed by atoms with Gasteiger partial charge in [-0.05, 0) is 49.0 Å². The van der Waals surface area contributed by atoms with E-state index in [1.807, 2.05) is 6.08 Å². The van der Waals surface area contributed by atoms with Gasteiger partial charge in [-0.25, -0.2) is 0 Å². The molecule has 18 heavy (non-hydrogen) atoms. The Balaban J connectivity index is 1.94. The molecule has 2 bridgehead atoms. The van der Waals surface area contributed by atoms with E-state index in [4.69, 9.17) is 0 Å². The van der Waals surface area contributed by atoms with E-state index in [1.54, 1.807) is 0 Å². The first-order valence-corrected chi connectivity index (χ1v) is 6.71. The molecule has 0 saturated heterocycles. The molecule has 0 aliphatic heterocycles. The number of hydrogen-bond donors (Lipinski definition) is 0. The van der Waals surface area contributed by atoms with Crippen LogP contribution in [0.2, 0.25) is 0 Å². The van der Waals surface area contributed by atoms with E-state index in [0.29, 0.717) is 5.78 Å². The van der Waals surface area contributed by atoms with Gasteiger partial charge >= 0.3 is 0 Å². The maximum Gasteiger partial charge on any atom is 0.163 e. The van der Waals surface area contributed by atoms with Crippen molar-refractivity contribution >= 4 is 11.4 Å². The third-order valence-electron chi connectivity index (χ3n) is 5.00.